The van der Waals surface area contributed by atoms with Crippen LogP contribution >= 0.6 is 0 Å². The molecule has 0 spiro atoms. The van der Waals surface area contributed by atoms with E-state index < -0.39 is 0 Å². The first-order valence-corrected chi connectivity index (χ1v) is 13.8. The summed E-state index contributed by atoms with van der Waals surface area (Å²) >= 11 is 0. The second kappa shape index (κ2) is 15.0. The average molecular weight is 524 g/mol. The topological polar surface area (TPSA) is 124 Å². The van der Waals surface area contributed by atoms with Crippen molar-refractivity contribution < 1.29 is 14.1 Å². The molecule has 38 heavy (non-hydrogen) atoms. The first-order valence-electron chi connectivity index (χ1n) is 13.8. The van der Waals surface area contributed by atoms with E-state index in [9.17, 15) is 4.79 Å². The van der Waals surface area contributed by atoms with Gasteiger partial charge in [-0.25, -0.2) is 9.97 Å². The van der Waals surface area contributed by atoms with Crippen LogP contribution in [0.5, 0.6) is 5.75 Å². The number of nitrogen functional groups attached to an aromatic ring is 1. The number of carbonyl (C=O) groups excluding carboxylic acids is 1. The molecule has 2 N–H and O–H groups in total. The number of ether oxygens (including phenoxy) is 1. The lowest BCUT2D eigenvalue weighted by Crippen LogP contribution is -2.47. The maximum Gasteiger partial charge on any atom is 0.225 e. The molecule has 0 bridgehead atoms. The highest BCUT2D eigenvalue weighted by Crippen LogP contribution is 2.30. The average Bonchev–Trinajstić information content (AvgIpc) is 3.52. The van der Waals surface area contributed by atoms with Crippen molar-refractivity contribution in [3.8, 4) is 17.1 Å². The van der Waals surface area contributed by atoms with Gasteiger partial charge in [-0.2, -0.15) is 4.98 Å². The number of amides is 1. The van der Waals surface area contributed by atoms with E-state index in [-0.39, 0.29) is 17.9 Å². The number of hydrogen-bond acceptors (Lipinski definition) is 9. The number of benzene rings is 1. The van der Waals surface area contributed by atoms with Crippen LogP contribution in [0.2, 0.25) is 0 Å². The highest BCUT2D eigenvalue weighted by atomic mass is 16.5. The molecule has 2 fully saturated rings. The van der Waals surface area contributed by atoms with Crippen LogP contribution in [0.3, 0.4) is 0 Å². The minimum absolute atomic E-state index is 0.0566. The van der Waals surface area contributed by atoms with E-state index in [2.05, 4.69) is 25.0 Å². The molecule has 2 saturated heterocycles. The van der Waals surface area contributed by atoms with Crippen molar-refractivity contribution in [2.75, 3.05) is 31.9 Å². The Hall–Kier alpha value is -3.53. The standard InChI is InChI=1S/C24H29N7O3.2C2H6/c25-24-26-13-17(14-27-24)15-30-9-5-18(6-10-30)23(32)31-11-7-19(8-12-31)34-21-4-2-1-3-20(21)22-28-16-33-29-22;2*1-2/h1-4,13-14,16,18-19H,5-12,15H2,(H2,25,26,27);2*1-2H3. The number of nitrogens with zero attached hydrogens (tertiary/aromatic N) is 6. The normalized spacial score (nSPS) is 16.6. The summed E-state index contributed by atoms with van der Waals surface area (Å²) in [5.41, 5.74) is 7.42. The molecule has 2 aliphatic heterocycles. The van der Waals surface area contributed by atoms with Crippen molar-refractivity contribution in [3.63, 3.8) is 0 Å². The number of carbonyl (C=O) groups is 1. The molecule has 2 aliphatic rings. The second-order valence-electron chi connectivity index (χ2n) is 8.89. The fourth-order valence-electron chi connectivity index (χ4n) is 4.72. The Morgan fingerprint density at radius 2 is 1.63 bits per heavy atom. The highest BCUT2D eigenvalue weighted by molar-refractivity contribution is 5.79. The van der Waals surface area contributed by atoms with Crippen LogP contribution in [-0.4, -0.2) is 68.1 Å². The Labute approximate surface area is 225 Å². The Morgan fingerprint density at radius 3 is 2.26 bits per heavy atom. The van der Waals surface area contributed by atoms with Gasteiger partial charge in [-0.05, 0) is 38.1 Å². The van der Waals surface area contributed by atoms with Crippen molar-refractivity contribution in [1.82, 2.24) is 29.9 Å². The lowest BCUT2D eigenvalue weighted by atomic mass is 9.94. The summed E-state index contributed by atoms with van der Waals surface area (Å²) in [6, 6.07) is 7.71. The van der Waals surface area contributed by atoms with Crippen LogP contribution in [0.25, 0.3) is 11.4 Å². The number of nitrogens with two attached hydrogens (primary N) is 1. The Balaban J connectivity index is 0.000000956. The largest absolute Gasteiger partial charge is 0.490 e. The van der Waals surface area contributed by atoms with Gasteiger partial charge < -0.3 is 19.9 Å². The zero-order valence-corrected chi connectivity index (χ0v) is 23.0. The fourth-order valence-corrected chi connectivity index (χ4v) is 4.72. The van der Waals surface area contributed by atoms with E-state index in [0.29, 0.717) is 11.8 Å². The summed E-state index contributed by atoms with van der Waals surface area (Å²) < 4.78 is 11.2. The molecule has 3 aromatic rings. The number of para-hydroxylation sites is 1. The molecule has 1 amide bonds. The first kappa shape index (κ1) is 29.0. The molecule has 1 aromatic carbocycles. The van der Waals surface area contributed by atoms with Crippen molar-refractivity contribution in [2.24, 2.45) is 5.92 Å². The minimum atomic E-state index is 0.0566. The van der Waals surface area contributed by atoms with Gasteiger partial charge in [-0.15, -0.1) is 0 Å². The molecule has 0 atom stereocenters. The summed E-state index contributed by atoms with van der Waals surface area (Å²) in [6.07, 6.45) is 8.28. The lowest BCUT2D eigenvalue weighted by Gasteiger charge is -2.37. The number of likely N-dealkylation sites (tertiary alicyclic amines) is 2. The lowest BCUT2D eigenvalue weighted by molar-refractivity contribution is -0.139. The summed E-state index contributed by atoms with van der Waals surface area (Å²) in [6.45, 7) is 12.0. The molecule has 2 aromatic heterocycles. The van der Waals surface area contributed by atoms with Crippen LogP contribution in [0.4, 0.5) is 5.95 Å². The third-order valence-electron chi connectivity index (χ3n) is 6.60. The van der Waals surface area contributed by atoms with Crippen molar-refractivity contribution >= 4 is 11.9 Å². The van der Waals surface area contributed by atoms with Gasteiger partial charge in [0.1, 0.15) is 11.9 Å². The third kappa shape index (κ3) is 7.74. The second-order valence-corrected chi connectivity index (χ2v) is 8.89. The molecule has 0 unspecified atom stereocenters. The number of hydrogen-bond donors (Lipinski definition) is 1. The number of anilines is 1. The Kier molecular flexibility index (Phi) is 11.5. The molecule has 0 radical (unpaired) electrons. The van der Waals surface area contributed by atoms with E-state index in [1.54, 1.807) is 12.4 Å². The van der Waals surface area contributed by atoms with E-state index in [4.69, 9.17) is 15.0 Å². The monoisotopic (exact) mass is 523 g/mol. The van der Waals surface area contributed by atoms with E-state index >= 15 is 0 Å². The number of aromatic nitrogens is 4. The van der Waals surface area contributed by atoms with Crippen LogP contribution in [-0.2, 0) is 11.3 Å². The van der Waals surface area contributed by atoms with Gasteiger partial charge >= 0.3 is 0 Å². The zero-order valence-electron chi connectivity index (χ0n) is 23.0. The fraction of sp³-hybridized carbons (Fsp3) is 0.536. The van der Waals surface area contributed by atoms with Gasteiger partial charge in [-0.3, -0.25) is 9.69 Å². The predicted octanol–water partition coefficient (Wildman–Crippen LogP) is 4.44. The van der Waals surface area contributed by atoms with E-state index in [0.717, 1.165) is 75.3 Å². The maximum atomic E-state index is 13.1. The van der Waals surface area contributed by atoms with Gasteiger partial charge in [-0.1, -0.05) is 45.0 Å². The highest BCUT2D eigenvalue weighted by Gasteiger charge is 2.31. The van der Waals surface area contributed by atoms with Gasteiger partial charge in [0, 0.05) is 56.4 Å². The number of piperidine rings is 2. The van der Waals surface area contributed by atoms with E-state index in [1.807, 2.05) is 56.9 Å². The van der Waals surface area contributed by atoms with Crippen molar-refractivity contribution in [2.45, 2.75) is 66.0 Å². The van der Waals surface area contributed by atoms with Crippen molar-refractivity contribution in [1.29, 1.82) is 0 Å². The SMILES string of the molecule is CC.CC.Nc1ncc(CN2CCC(C(=O)N3CCC(Oc4ccccc4-c4ncon4)CC3)CC2)cn1. The smallest absolute Gasteiger partial charge is 0.225 e. The van der Waals surface area contributed by atoms with Crippen LogP contribution < -0.4 is 10.5 Å². The van der Waals surface area contributed by atoms with Crippen LogP contribution in [0.15, 0.2) is 47.6 Å². The predicted molar refractivity (Wildman–Crippen MR) is 147 cm³/mol. The summed E-state index contributed by atoms with van der Waals surface area (Å²) in [7, 11) is 0. The quantitative estimate of drug-likeness (QED) is 0.499. The molecule has 10 heteroatoms. The Morgan fingerprint density at radius 1 is 0.974 bits per heavy atom. The third-order valence-corrected chi connectivity index (χ3v) is 6.60. The first-order chi connectivity index (χ1) is 18.7. The summed E-state index contributed by atoms with van der Waals surface area (Å²) in [5.74, 6) is 1.92. The molecule has 10 nitrogen and oxygen atoms in total. The zero-order chi connectivity index (χ0) is 27.3. The molecular weight excluding hydrogens is 482 g/mol. The molecule has 206 valence electrons. The maximum absolute atomic E-state index is 13.1. The summed E-state index contributed by atoms with van der Waals surface area (Å²) in [5, 5.41) is 3.93. The van der Waals surface area contributed by atoms with Gasteiger partial charge in [0.2, 0.25) is 24.1 Å². The summed E-state index contributed by atoms with van der Waals surface area (Å²) in [4.78, 5) is 29.7. The minimum Gasteiger partial charge on any atom is -0.490 e. The molecular formula is C28H41N7O3. The van der Waals surface area contributed by atoms with Crippen LogP contribution in [0.1, 0.15) is 58.9 Å². The van der Waals surface area contributed by atoms with Gasteiger partial charge in [0.05, 0.1) is 5.56 Å². The van der Waals surface area contributed by atoms with E-state index in [1.165, 1.54) is 6.39 Å². The van der Waals surface area contributed by atoms with Gasteiger partial charge in [0.25, 0.3) is 0 Å². The molecule has 0 aliphatic carbocycles. The Bertz CT molecular complexity index is 1080. The van der Waals surface area contributed by atoms with Crippen LogP contribution in [0, 0.1) is 5.92 Å². The number of rotatable bonds is 6. The molecule has 0 saturated carbocycles. The molecule has 4 heterocycles. The van der Waals surface area contributed by atoms with Crippen molar-refractivity contribution in [3.05, 3.63) is 48.6 Å². The molecule has 5 rings (SSSR count). The van der Waals surface area contributed by atoms with Gasteiger partial charge in [0.15, 0.2) is 0 Å².